The molecule has 0 spiro atoms. The van der Waals surface area contributed by atoms with Gasteiger partial charge in [-0.1, -0.05) is 18.2 Å². The van der Waals surface area contributed by atoms with Gasteiger partial charge in [-0.2, -0.15) is 17.0 Å². The summed E-state index contributed by atoms with van der Waals surface area (Å²) in [7, 11) is -0.634. The standard InChI is InChI=1S/C21H27N5O4S/c1-25(2)31(29,30)26-12-6-8-17(15-26)20(27)24-19-10-4-3-9-18(19)21(28)23-14-16-7-5-11-22-13-16/h3-5,7,9-11,13,17H,6,8,12,14-15H2,1-2H3,(H,23,28)(H,24,27). The molecule has 9 nitrogen and oxygen atoms in total. The third-order valence-corrected chi connectivity index (χ3v) is 7.06. The number of carbonyl (C=O) groups excluding carboxylic acids is 2. The Morgan fingerprint density at radius 3 is 2.68 bits per heavy atom. The zero-order chi connectivity index (χ0) is 22.4. The van der Waals surface area contributed by atoms with Crippen molar-refractivity contribution in [1.29, 1.82) is 0 Å². The van der Waals surface area contributed by atoms with Crippen molar-refractivity contribution >= 4 is 27.7 Å². The van der Waals surface area contributed by atoms with Crippen LogP contribution in [0.15, 0.2) is 48.8 Å². The Kier molecular flexibility index (Phi) is 7.37. The van der Waals surface area contributed by atoms with E-state index in [0.717, 1.165) is 9.87 Å². The minimum Gasteiger partial charge on any atom is -0.348 e. The molecule has 2 aromatic rings. The van der Waals surface area contributed by atoms with Gasteiger partial charge in [-0.15, -0.1) is 0 Å². The lowest BCUT2D eigenvalue weighted by molar-refractivity contribution is -0.120. The van der Waals surface area contributed by atoms with Crippen LogP contribution in [0.3, 0.4) is 0 Å². The van der Waals surface area contributed by atoms with E-state index in [9.17, 15) is 18.0 Å². The molecule has 2 amide bonds. The monoisotopic (exact) mass is 445 g/mol. The second-order valence-corrected chi connectivity index (χ2v) is 9.71. The van der Waals surface area contributed by atoms with Crippen LogP contribution in [0.25, 0.3) is 0 Å². The highest BCUT2D eigenvalue weighted by molar-refractivity contribution is 7.86. The molecule has 166 valence electrons. The molecule has 0 radical (unpaired) electrons. The Labute approximate surface area is 182 Å². The molecule has 1 unspecified atom stereocenters. The first-order valence-electron chi connectivity index (χ1n) is 10.0. The molecule has 0 bridgehead atoms. The molecule has 31 heavy (non-hydrogen) atoms. The largest absolute Gasteiger partial charge is 0.348 e. The number of nitrogens with one attached hydrogen (secondary N) is 2. The highest BCUT2D eigenvalue weighted by atomic mass is 32.2. The number of para-hydroxylation sites is 1. The first kappa shape index (κ1) is 22.9. The molecule has 10 heteroatoms. The molecule has 2 N–H and O–H groups in total. The van der Waals surface area contributed by atoms with Crippen molar-refractivity contribution in [3.63, 3.8) is 0 Å². The van der Waals surface area contributed by atoms with E-state index in [0.29, 0.717) is 37.2 Å². The van der Waals surface area contributed by atoms with Crippen LogP contribution in [-0.2, 0) is 21.5 Å². The molecule has 1 aliphatic rings. The van der Waals surface area contributed by atoms with Crippen LogP contribution in [0.1, 0.15) is 28.8 Å². The lowest BCUT2D eigenvalue weighted by Crippen LogP contribution is -2.47. The molecule has 1 fully saturated rings. The number of nitrogens with zero attached hydrogens (tertiary/aromatic N) is 3. The number of benzene rings is 1. The van der Waals surface area contributed by atoms with Gasteiger partial charge in [0, 0.05) is 46.1 Å². The van der Waals surface area contributed by atoms with Gasteiger partial charge in [-0.25, -0.2) is 0 Å². The van der Waals surface area contributed by atoms with Gasteiger partial charge in [-0.3, -0.25) is 14.6 Å². The summed E-state index contributed by atoms with van der Waals surface area (Å²) in [4.78, 5) is 29.6. The van der Waals surface area contributed by atoms with E-state index in [4.69, 9.17) is 0 Å². The minimum absolute atomic E-state index is 0.113. The summed E-state index contributed by atoms with van der Waals surface area (Å²) in [5.74, 6) is -1.11. The predicted molar refractivity (Wildman–Crippen MR) is 117 cm³/mol. The van der Waals surface area contributed by atoms with Crippen molar-refractivity contribution in [2.45, 2.75) is 19.4 Å². The molecule has 1 aliphatic heterocycles. The number of hydrogen-bond acceptors (Lipinski definition) is 5. The maximum atomic E-state index is 12.9. The van der Waals surface area contributed by atoms with Gasteiger partial charge in [0.1, 0.15) is 0 Å². The number of amides is 2. The van der Waals surface area contributed by atoms with E-state index in [1.54, 1.807) is 42.7 Å². The molecule has 1 aromatic carbocycles. The number of anilines is 1. The molecule has 0 aliphatic carbocycles. The number of rotatable bonds is 7. The molecule has 1 saturated heterocycles. The summed E-state index contributed by atoms with van der Waals surface area (Å²) in [6.07, 6.45) is 4.51. The third-order valence-electron chi connectivity index (χ3n) is 5.15. The molecular weight excluding hydrogens is 418 g/mol. The lowest BCUT2D eigenvalue weighted by Gasteiger charge is -2.32. The van der Waals surface area contributed by atoms with Crippen LogP contribution in [-0.4, -0.2) is 61.0 Å². The second kappa shape index (κ2) is 9.99. The highest BCUT2D eigenvalue weighted by Crippen LogP contribution is 2.23. The summed E-state index contributed by atoms with van der Waals surface area (Å²) < 4.78 is 27.3. The minimum atomic E-state index is -3.58. The van der Waals surface area contributed by atoms with Crippen LogP contribution in [0, 0.1) is 5.92 Å². The van der Waals surface area contributed by atoms with Crippen LogP contribution >= 0.6 is 0 Å². The average molecular weight is 446 g/mol. The second-order valence-electron chi connectivity index (χ2n) is 7.57. The Morgan fingerprint density at radius 1 is 1.19 bits per heavy atom. The first-order chi connectivity index (χ1) is 14.8. The van der Waals surface area contributed by atoms with Gasteiger partial charge in [0.15, 0.2) is 0 Å². The van der Waals surface area contributed by atoms with Gasteiger partial charge >= 0.3 is 0 Å². The van der Waals surface area contributed by atoms with Crippen molar-refractivity contribution in [1.82, 2.24) is 18.9 Å². The number of hydrogen-bond donors (Lipinski definition) is 2. The SMILES string of the molecule is CN(C)S(=O)(=O)N1CCCC(C(=O)Nc2ccccc2C(=O)NCc2cccnc2)C1. The zero-order valence-electron chi connectivity index (χ0n) is 17.6. The van der Waals surface area contributed by atoms with Gasteiger partial charge < -0.3 is 10.6 Å². The molecule has 0 saturated carbocycles. The number of piperidine rings is 1. The fourth-order valence-electron chi connectivity index (χ4n) is 3.40. The molecular formula is C21H27N5O4S. The summed E-state index contributed by atoms with van der Waals surface area (Å²) >= 11 is 0. The molecule has 1 aromatic heterocycles. The maximum absolute atomic E-state index is 12.9. The van der Waals surface area contributed by atoms with Crippen molar-refractivity contribution in [2.75, 3.05) is 32.5 Å². The summed E-state index contributed by atoms with van der Waals surface area (Å²) in [5.41, 5.74) is 1.60. The lowest BCUT2D eigenvalue weighted by atomic mass is 9.98. The van der Waals surface area contributed by atoms with Gasteiger partial charge in [0.25, 0.3) is 16.1 Å². The average Bonchev–Trinajstić information content (AvgIpc) is 2.78. The third kappa shape index (κ3) is 5.66. The fraction of sp³-hybridized carbons (Fsp3) is 0.381. The summed E-state index contributed by atoms with van der Waals surface area (Å²) in [6, 6.07) is 10.4. The molecule has 3 rings (SSSR count). The fourth-order valence-corrected chi connectivity index (χ4v) is 4.59. The Balaban J connectivity index is 1.67. The molecule has 2 heterocycles. The summed E-state index contributed by atoms with van der Waals surface area (Å²) in [6.45, 7) is 0.814. The van der Waals surface area contributed by atoms with Crippen molar-refractivity contribution in [3.8, 4) is 0 Å². The molecule has 1 atom stereocenters. The first-order valence-corrected chi connectivity index (χ1v) is 11.4. The quantitative estimate of drug-likeness (QED) is 0.670. The normalized spacial score (nSPS) is 17.3. The predicted octanol–water partition coefficient (Wildman–Crippen LogP) is 1.47. The topological polar surface area (TPSA) is 112 Å². The van der Waals surface area contributed by atoms with Crippen LogP contribution in [0.4, 0.5) is 5.69 Å². The van der Waals surface area contributed by atoms with E-state index >= 15 is 0 Å². The van der Waals surface area contributed by atoms with Crippen LogP contribution in [0.2, 0.25) is 0 Å². The number of carbonyl (C=O) groups is 2. The van der Waals surface area contributed by atoms with Gasteiger partial charge in [0.05, 0.1) is 17.2 Å². The number of pyridine rings is 1. The smallest absolute Gasteiger partial charge is 0.281 e. The van der Waals surface area contributed by atoms with Crippen LogP contribution in [0.5, 0.6) is 0 Å². The van der Waals surface area contributed by atoms with Gasteiger partial charge in [-0.05, 0) is 36.6 Å². The Morgan fingerprint density at radius 2 is 1.97 bits per heavy atom. The van der Waals surface area contributed by atoms with Crippen molar-refractivity contribution in [3.05, 3.63) is 59.9 Å². The Hall–Kier alpha value is -2.82. The van der Waals surface area contributed by atoms with E-state index < -0.39 is 16.1 Å². The zero-order valence-corrected chi connectivity index (χ0v) is 18.4. The van der Waals surface area contributed by atoms with Crippen molar-refractivity contribution in [2.24, 2.45) is 5.92 Å². The maximum Gasteiger partial charge on any atom is 0.281 e. The summed E-state index contributed by atoms with van der Waals surface area (Å²) in [5, 5.41) is 5.64. The van der Waals surface area contributed by atoms with Gasteiger partial charge in [0.2, 0.25) is 5.91 Å². The van der Waals surface area contributed by atoms with E-state index in [1.807, 2.05) is 6.07 Å². The van der Waals surface area contributed by atoms with Crippen LogP contribution < -0.4 is 10.6 Å². The van der Waals surface area contributed by atoms with E-state index in [-0.39, 0.29) is 18.4 Å². The van der Waals surface area contributed by atoms with E-state index in [2.05, 4.69) is 15.6 Å². The highest BCUT2D eigenvalue weighted by Gasteiger charge is 2.33. The van der Waals surface area contributed by atoms with Crippen molar-refractivity contribution < 1.29 is 18.0 Å². The Bertz CT molecular complexity index is 1030. The number of aromatic nitrogens is 1. The van der Waals surface area contributed by atoms with E-state index in [1.165, 1.54) is 18.4 Å².